The van der Waals surface area contributed by atoms with Crippen LogP contribution in [0.4, 0.5) is 5.69 Å². The van der Waals surface area contributed by atoms with Crippen LogP contribution < -0.4 is 14.8 Å². The minimum atomic E-state index is -0.547. The summed E-state index contributed by atoms with van der Waals surface area (Å²) in [6, 6.07) is 3.11. The number of amides is 1. The third-order valence-corrected chi connectivity index (χ3v) is 4.43. The van der Waals surface area contributed by atoms with E-state index < -0.39 is 5.97 Å². The Labute approximate surface area is 146 Å². The molecule has 136 valence electrons. The molecule has 1 saturated heterocycles. The second-order valence-electron chi connectivity index (χ2n) is 6.00. The first-order valence-electron chi connectivity index (χ1n) is 8.17. The summed E-state index contributed by atoms with van der Waals surface area (Å²) in [6.45, 7) is 1.95. The molecule has 0 spiro atoms. The standard InChI is InChI=1S/C17H22N2O6/c1-22-11-3-5-19(6-4-11)9-16(20)18-13-8-15-14(24-10-25-15)7-12(13)17(21)23-2/h7-8,11H,3-6,9-10H2,1-2H3,(H,18,20). The molecule has 0 atom stereocenters. The van der Waals surface area contributed by atoms with Crippen LogP contribution in [0.3, 0.4) is 0 Å². The van der Waals surface area contributed by atoms with Crippen molar-refractivity contribution in [2.45, 2.75) is 18.9 Å². The van der Waals surface area contributed by atoms with Crippen LogP contribution in [-0.4, -0.2) is 63.5 Å². The fourth-order valence-corrected chi connectivity index (χ4v) is 3.02. The maximum atomic E-state index is 12.4. The van der Waals surface area contributed by atoms with Crippen molar-refractivity contribution in [3.05, 3.63) is 17.7 Å². The van der Waals surface area contributed by atoms with Gasteiger partial charge in [-0.25, -0.2) is 4.79 Å². The topological polar surface area (TPSA) is 86.3 Å². The smallest absolute Gasteiger partial charge is 0.340 e. The van der Waals surface area contributed by atoms with Crippen molar-refractivity contribution in [2.75, 3.05) is 46.0 Å². The van der Waals surface area contributed by atoms with Gasteiger partial charge in [-0.3, -0.25) is 9.69 Å². The number of benzene rings is 1. The lowest BCUT2D eigenvalue weighted by molar-refractivity contribution is -0.117. The minimum absolute atomic E-state index is 0.0851. The first-order valence-corrected chi connectivity index (χ1v) is 8.17. The number of rotatable bonds is 5. The largest absolute Gasteiger partial charge is 0.465 e. The van der Waals surface area contributed by atoms with Crippen LogP contribution in [0.5, 0.6) is 11.5 Å². The number of hydrogen-bond acceptors (Lipinski definition) is 7. The molecule has 25 heavy (non-hydrogen) atoms. The highest BCUT2D eigenvalue weighted by Gasteiger charge is 2.24. The van der Waals surface area contributed by atoms with Gasteiger partial charge in [-0.15, -0.1) is 0 Å². The zero-order valence-electron chi connectivity index (χ0n) is 14.4. The maximum absolute atomic E-state index is 12.4. The van der Waals surface area contributed by atoms with Gasteiger partial charge in [0.1, 0.15) is 0 Å². The number of nitrogens with zero attached hydrogens (tertiary/aromatic N) is 1. The summed E-state index contributed by atoms with van der Waals surface area (Å²) in [5.74, 6) is 0.207. The molecule has 1 fully saturated rings. The van der Waals surface area contributed by atoms with Gasteiger partial charge in [0, 0.05) is 32.3 Å². The average molecular weight is 350 g/mol. The van der Waals surface area contributed by atoms with Crippen LogP contribution in [0.15, 0.2) is 12.1 Å². The predicted octanol–water partition coefficient (Wildman–Crippen LogP) is 1.25. The molecular formula is C17H22N2O6. The molecule has 0 unspecified atom stereocenters. The molecule has 8 nitrogen and oxygen atoms in total. The molecule has 2 heterocycles. The molecule has 2 aliphatic heterocycles. The Bertz CT molecular complexity index is 655. The molecule has 8 heteroatoms. The van der Waals surface area contributed by atoms with Gasteiger partial charge in [-0.1, -0.05) is 0 Å². The molecule has 1 N–H and O–H groups in total. The van der Waals surface area contributed by atoms with Crippen molar-refractivity contribution >= 4 is 17.6 Å². The number of fused-ring (bicyclic) bond motifs is 1. The lowest BCUT2D eigenvalue weighted by Crippen LogP contribution is -2.41. The third kappa shape index (κ3) is 4.02. The Kier molecular flexibility index (Phi) is 5.40. The first-order chi connectivity index (χ1) is 12.1. The quantitative estimate of drug-likeness (QED) is 0.800. The lowest BCUT2D eigenvalue weighted by Gasteiger charge is -2.30. The SMILES string of the molecule is COC(=O)c1cc2c(cc1NC(=O)CN1CCC(OC)CC1)OCO2. The van der Waals surface area contributed by atoms with Crippen LogP contribution >= 0.6 is 0 Å². The Balaban J connectivity index is 1.67. The molecule has 0 aliphatic carbocycles. The highest BCUT2D eigenvalue weighted by Crippen LogP contribution is 2.37. The second kappa shape index (κ2) is 7.71. The third-order valence-electron chi connectivity index (χ3n) is 4.43. The van der Waals surface area contributed by atoms with E-state index in [0.717, 1.165) is 25.9 Å². The predicted molar refractivity (Wildman–Crippen MR) is 89.0 cm³/mol. The van der Waals surface area contributed by atoms with Gasteiger partial charge in [0.05, 0.1) is 31.0 Å². The summed E-state index contributed by atoms with van der Waals surface area (Å²) < 4.78 is 20.7. The average Bonchev–Trinajstić information content (AvgIpc) is 3.08. The molecule has 3 rings (SSSR count). The number of carbonyl (C=O) groups is 2. The molecule has 0 radical (unpaired) electrons. The van der Waals surface area contributed by atoms with E-state index in [1.807, 2.05) is 0 Å². The number of hydrogen-bond donors (Lipinski definition) is 1. The number of esters is 1. The van der Waals surface area contributed by atoms with E-state index in [9.17, 15) is 9.59 Å². The molecule has 1 amide bonds. The first kappa shape index (κ1) is 17.5. The molecule has 0 aromatic heterocycles. The molecular weight excluding hydrogens is 328 g/mol. The summed E-state index contributed by atoms with van der Waals surface area (Å²) >= 11 is 0. The highest BCUT2D eigenvalue weighted by molar-refractivity contribution is 6.02. The van der Waals surface area contributed by atoms with Crippen molar-refractivity contribution in [1.29, 1.82) is 0 Å². The highest BCUT2D eigenvalue weighted by atomic mass is 16.7. The lowest BCUT2D eigenvalue weighted by atomic mass is 10.1. The molecule has 2 aliphatic rings. The van der Waals surface area contributed by atoms with E-state index in [0.29, 0.717) is 17.2 Å². The van der Waals surface area contributed by atoms with E-state index in [1.54, 1.807) is 13.2 Å². The number of nitrogens with one attached hydrogen (secondary N) is 1. The molecule has 1 aromatic rings. The van der Waals surface area contributed by atoms with Gasteiger partial charge < -0.3 is 24.3 Å². The number of ether oxygens (including phenoxy) is 4. The van der Waals surface area contributed by atoms with Crippen LogP contribution in [0, 0.1) is 0 Å². The summed E-state index contributed by atoms with van der Waals surface area (Å²) in [4.78, 5) is 26.4. The molecule has 0 bridgehead atoms. The van der Waals surface area contributed by atoms with E-state index in [4.69, 9.17) is 18.9 Å². The van der Waals surface area contributed by atoms with E-state index in [1.165, 1.54) is 13.2 Å². The van der Waals surface area contributed by atoms with Crippen molar-refractivity contribution < 1.29 is 28.5 Å². The molecule has 1 aromatic carbocycles. The number of piperidine rings is 1. The van der Waals surface area contributed by atoms with Crippen molar-refractivity contribution in [3.63, 3.8) is 0 Å². The molecule has 0 saturated carbocycles. The fraction of sp³-hybridized carbons (Fsp3) is 0.529. The van der Waals surface area contributed by atoms with Crippen molar-refractivity contribution in [1.82, 2.24) is 4.90 Å². The fourth-order valence-electron chi connectivity index (χ4n) is 3.02. The Morgan fingerprint density at radius 2 is 1.88 bits per heavy atom. The van der Waals surface area contributed by atoms with Gasteiger partial charge in [-0.05, 0) is 12.8 Å². The van der Waals surface area contributed by atoms with E-state index in [-0.39, 0.29) is 30.9 Å². The summed E-state index contributed by atoms with van der Waals surface area (Å²) in [6.07, 6.45) is 2.07. The minimum Gasteiger partial charge on any atom is -0.465 e. The summed E-state index contributed by atoms with van der Waals surface area (Å²) in [7, 11) is 3.00. The summed E-state index contributed by atoms with van der Waals surface area (Å²) in [5, 5.41) is 2.78. The van der Waals surface area contributed by atoms with Crippen LogP contribution in [-0.2, 0) is 14.3 Å². The van der Waals surface area contributed by atoms with E-state index in [2.05, 4.69) is 10.2 Å². The van der Waals surface area contributed by atoms with Gasteiger partial charge in [0.2, 0.25) is 12.7 Å². The van der Waals surface area contributed by atoms with Crippen LogP contribution in [0.2, 0.25) is 0 Å². The van der Waals surface area contributed by atoms with Crippen molar-refractivity contribution in [3.8, 4) is 11.5 Å². The second-order valence-corrected chi connectivity index (χ2v) is 6.00. The van der Waals surface area contributed by atoms with Crippen LogP contribution in [0.25, 0.3) is 0 Å². The van der Waals surface area contributed by atoms with Crippen LogP contribution in [0.1, 0.15) is 23.2 Å². The normalized spacial score (nSPS) is 17.4. The Morgan fingerprint density at radius 3 is 2.52 bits per heavy atom. The Hall–Kier alpha value is -2.32. The van der Waals surface area contributed by atoms with E-state index >= 15 is 0 Å². The number of methoxy groups -OCH3 is 2. The zero-order chi connectivity index (χ0) is 17.8. The number of likely N-dealkylation sites (tertiary alicyclic amines) is 1. The van der Waals surface area contributed by atoms with Gasteiger partial charge in [-0.2, -0.15) is 0 Å². The number of anilines is 1. The van der Waals surface area contributed by atoms with Gasteiger partial charge >= 0.3 is 5.97 Å². The van der Waals surface area contributed by atoms with Gasteiger partial charge in [0.25, 0.3) is 0 Å². The Morgan fingerprint density at radius 1 is 1.20 bits per heavy atom. The monoisotopic (exact) mass is 350 g/mol. The maximum Gasteiger partial charge on any atom is 0.340 e. The summed E-state index contributed by atoms with van der Waals surface area (Å²) in [5.41, 5.74) is 0.589. The van der Waals surface area contributed by atoms with Gasteiger partial charge in [0.15, 0.2) is 11.5 Å². The zero-order valence-corrected chi connectivity index (χ0v) is 14.4. The number of carbonyl (C=O) groups excluding carboxylic acids is 2. The van der Waals surface area contributed by atoms with Crippen molar-refractivity contribution in [2.24, 2.45) is 0 Å².